The Morgan fingerprint density at radius 3 is 2.39 bits per heavy atom. The van der Waals surface area contributed by atoms with Crippen LogP contribution in [-0.4, -0.2) is 26.5 Å². The summed E-state index contributed by atoms with van der Waals surface area (Å²) in [5.74, 6) is -0.185. The molecule has 0 bridgehead atoms. The van der Waals surface area contributed by atoms with Gasteiger partial charge in [-0.05, 0) is 36.6 Å². The molecular weight excluding hydrogens is 251 g/mol. The van der Waals surface area contributed by atoms with Gasteiger partial charge in [-0.1, -0.05) is 31.4 Å². The molecule has 0 aliphatic heterocycles. The highest BCUT2D eigenvalue weighted by molar-refractivity contribution is 6.26. The largest absolute Gasteiger partial charge is 0.379 e. The molecule has 5 heteroatoms. The highest BCUT2D eigenvalue weighted by Crippen LogP contribution is 2.10. The molecule has 0 fully saturated rings. The summed E-state index contributed by atoms with van der Waals surface area (Å²) in [7, 11) is -0.767. The lowest BCUT2D eigenvalue weighted by Crippen LogP contribution is -2.12. The highest BCUT2D eigenvalue weighted by Gasteiger charge is 1.98. The van der Waals surface area contributed by atoms with E-state index in [9.17, 15) is 4.39 Å². The van der Waals surface area contributed by atoms with Crippen LogP contribution in [0.2, 0.25) is 6.04 Å². The number of rotatable bonds is 9. The van der Waals surface area contributed by atoms with Crippen LogP contribution < -0.4 is 0 Å². The zero-order valence-electron chi connectivity index (χ0n) is 10.5. The normalized spacial score (nSPS) is 11.8. The monoisotopic (exact) mass is 272 g/mol. The second kappa shape index (κ2) is 9.21. The van der Waals surface area contributed by atoms with Crippen molar-refractivity contribution in [3.63, 3.8) is 0 Å². The van der Waals surface area contributed by atoms with Crippen molar-refractivity contribution in [1.82, 2.24) is 0 Å². The molecule has 0 aromatic heterocycles. The van der Waals surface area contributed by atoms with Gasteiger partial charge in [0.2, 0.25) is 0 Å². The van der Waals surface area contributed by atoms with Crippen LogP contribution in [0.25, 0.3) is 0 Å². The summed E-state index contributed by atoms with van der Waals surface area (Å²) in [5.41, 5.74) is 1.18. The molecule has 0 aliphatic carbocycles. The Morgan fingerprint density at radius 2 is 1.72 bits per heavy atom. The molecule has 3 nitrogen and oxygen atoms in total. The van der Waals surface area contributed by atoms with Gasteiger partial charge in [0.1, 0.15) is 5.82 Å². The molecule has 0 saturated heterocycles. The fourth-order valence-corrected chi connectivity index (χ4v) is 2.74. The lowest BCUT2D eigenvalue weighted by molar-refractivity contribution is -0.180. The van der Waals surface area contributed by atoms with E-state index in [4.69, 9.17) is 14.6 Å². The Labute approximate surface area is 110 Å². The second-order valence-electron chi connectivity index (χ2n) is 4.34. The molecular formula is C13H21FO3Si. The van der Waals surface area contributed by atoms with Gasteiger partial charge in [-0.15, -0.1) is 0 Å². The van der Waals surface area contributed by atoms with E-state index >= 15 is 0 Å². The third-order valence-corrected chi connectivity index (χ3v) is 4.11. The first-order valence-electron chi connectivity index (χ1n) is 6.40. The minimum atomic E-state index is -1.59. The maximum absolute atomic E-state index is 12.7. The fraction of sp³-hybridized carbons (Fsp3) is 0.538. The number of halogens is 1. The lowest BCUT2D eigenvalue weighted by atomic mass is 10.1. The predicted molar refractivity (Wildman–Crippen MR) is 71.2 cm³/mol. The maximum Gasteiger partial charge on any atom is 0.256 e. The minimum absolute atomic E-state index is 0.185. The fourth-order valence-electron chi connectivity index (χ4n) is 1.80. The number of aliphatic hydroxyl groups is 2. The van der Waals surface area contributed by atoms with Gasteiger partial charge in [0.25, 0.3) is 6.48 Å². The molecule has 18 heavy (non-hydrogen) atoms. The first-order chi connectivity index (χ1) is 8.68. The van der Waals surface area contributed by atoms with E-state index in [0.717, 1.165) is 38.1 Å². The van der Waals surface area contributed by atoms with Gasteiger partial charge >= 0.3 is 0 Å². The van der Waals surface area contributed by atoms with Crippen LogP contribution in [0.3, 0.4) is 0 Å². The lowest BCUT2D eigenvalue weighted by Gasteiger charge is -2.05. The van der Waals surface area contributed by atoms with Gasteiger partial charge in [-0.3, -0.25) is 0 Å². The number of benzene rings is 1. The van der Waals surface area contributed by atoms with Crippen molar-refractivity contribution in [3.05, 3.63) is 35.6 Å². The molecule has 0 unspecified atom stereocenters. The number of aryl methyl sites for hydroxylation is 1. The summed E-state index contributed by atoms with van der Waals surface area (Å²) in [6, 6.07) is 7.64. The molecule has 0 radical (unpaired) electrons. The molecule has 1 rings (SSSR count). The molecule has 2 N–H and O–H groups in total. The average Bonchev–Trinajstić information content (AvgIpc) is 2.34. The Hall–Kier alpha value is -0.753. The third kappa shape index (κ3) is 7.55. The molecule has 0 heterocycles. The molecule has 102 valence electrons. The number of hydrogen-bond acceptors (Lipinski definition) is 3. The van der Waals surface area contributed by atoms with Crippen LogP contribution in [-0.2, 0) is 10.8 Å². The third-order valence-electron chi connectivity index (χ3n) is 2.79. The van der Waals surface area contributed by atoms with Crippen LogP contribution in [0.5, 0.6) is 0 Å². The molecule has 1 aromatic carbocycles. The van der Waals surface area contributed by atoms with Gasteiger partial charge in [0.15, 0.2) is 9.76 Å². The van der Waals surface area contributed by atoms with E-state index < -0.39 is 16.2 Å². The topological polar surface area (TPSA) is 49.7 Å². The minimum Gasteiger partial charge on any atom is -0.379 e. The average molecular weight is 272 g/mol. The van der Waals surface area contributed by atoms with Crippen molar-refractivity contribution < 1.29 is 19.0 Å². The van der Waals surface area contributed by atoms with Crippen LogP contribution >= 0.6 is 0 Å². The zero-order chi connectivity index (χ0) is 13.2. The molecule has 0 amide bonds. The van der Waals surface area contributed by atoms with Gasteiger partial charge in [0.05, 0.1) is 0 Å². The SMILES string of the molecule is OC(O)O[SiH2]CCCCCCc1ccc(F)cc1. The Kier molecular flexibility index (Phi) is 7.83. The second-order valence-corrected chi connectivity index (χ2v) is 5.79. The molecule has 0 atom stereocenters. The standard InChI is InChI=1S/C13H21FO3Si/c14-12-8-6-11(7-9-12)5-3-1-2-4-10-18-17-13(15)16/h6-9,13,15-16H,1-5,10,18H2. The van der Waals surface area contributed by atoms with Gasteiger partial charge in [-0.25, -0.2) is 4.39 Å². The van der Waals surface area contributed by atoms with E-state index in [1.54, 1.807) is 0 Å². The van der Waals surface area contributed by atoms with E-state index in [-0.39, 0.29) is 5.82 Å². The van der Waals surface area contributed by atoms with Crippen LogP contribution in [0.15, 0.2) is 24.3 Å². The predicted octanol–water partition coefficient (Wildman–Crippen LogP) is 1.72. The Bertz CT molecular complexity index is 317. The number of aliphatic hydroxyl groups excluding tert-OH is 1. The summed E-state index contributed by atoms with van der Waals surface area (Å²) >= 11 is 0. The van der Waals surface area contributed by atoms with Crippen molar-refractivity contribution in [2.24, 2.45) is 0 Å². The van der Waals surface area contributed by atoms with E-state index in [2.05, 4.69) is 0 Å². The van der Waals surface area contributed by atoms with Crippen molar-refractivity contribution in [2.45, 2.75) is 44.6 Å². The molecule has 0 spiro atoms. The first-order valence-corrected chi connectivity index (χ1v) is 7.98. The Morgan fingerprint density at radius 1 is 1.06 bits per heavy atom. The number of hydrogen-bond donors (Lipinski definition) is 2. The van der Waals surface area contributed by atoms with Crippen molar-refractivity contribution in [3.8, 4) is 0 Å². The summed E-state index contributed by atoms with van der Waals surface area (Å²) in [5, 5.41) is 17.0. The van der Waals surface area contributed by atoms with Crippen molar-refractivity contribution in [2.75, 3.05) is 0 Å². The quantitative estimate of drug-likeness (QED) is 0.409. The zero-order valence-corrected chi connectivity index (χ0v) is 11.9. The van der Waals surface area contributed by atoms with Crippen molar-refractivity contribution >= 4 is 9.76 Å². The van der Waals surface area contributed by atoms with E-state index in [1.807, 2.05) is 12.1 Å². The molecule has 0 aliphatic rings. The number of unbranched alkanes of at least 4 members (excludes halogenated alkanes) is 3. The van der Waals surface area contributed by atoms with Crippen LogP contribution in [0.4, 0.5) is 4.39 Å². The van der Waals surface area contributed by atoms with Crippen LogP contribution in [0, 0.1) is 5.82 Å². The maximum atomic E-state index is 12.7. The van der Waals surface area contributed by atoms with E-state index in [0.29, 0.717) is 0 Å². The summed E-state index contributed by atoms with van der Waals surface area (Å²) in [4.78, 5) is 0. The van der Waals surface area contributed by atoms with Crippen LogP contribution in [0.1, 0.15) is 31.2 Å². The summed E-state index contributed by atoms with van der Waals surface area (Å²) in [6.07, 6.45) is 5.47. The van der Waals surface area contributed by atoms with Gasteiger partial charge < -0.3 is 14.6 Å². The Balaban J connectivity index is 1.94. The van der Waals surface area contributed by atoms with Gasteiger partial charge in [-0.2, -0.15) is 0 Å². The molecule has 0 saturated carbocycles. The smallest absolute Gasteiger partial charge is 0.256 e. The summed E-state index contributed by atoms with van der Waals surface area (Å²) in [6.45, 7) is -1.59. The summed E-state index contributed by atoms with van der Waals surface area (Å²) < 4.78 is 17.4. The highest BCUT2D eigenvalue weighted by atomic mass is 28.2. The van der Waals surface area contributed by atoms with Gasteiger partial charge in [0, 0.05) is 0 Å². The molecule has 1 aromatic rings. The first kappa shape index (κ1) is 15.3. The van der Waals surface area contributed by atoms with Crippen molar-refractivity contribution in [1.29, 1.82) is 0 Å². The van der Waals surface area contributed by atoms with E-state index in [1.165, 1.54) is 17.7 Å².